The van der Waals surface area contributed by atoms with Crippen molar-refractivity contribution in [1.82, 2.24) is 0 Å². The molecule has 0 amide bonds. The molecule has 0 saturated carbocycles. The predicted molar refractivity (Wildman–Crippen MR) is 124 cm³/mol. The van der Waals surface area contributed by atoms with Crippen LogP contribution in [0.25, 0.3) is 43.8 Å². The minimum absolute atomic E-state index is 0.375. The van der Waals surface area contributed by atoms with Gasteiger partial charge in [0.1, 0.15) is 0 Å². The molecule has 0 heterocycles. The first-order chi connectivity index (χ1) is 13.9. The van der Waals surface area contributed by atoms with Gasteiger partial charge >= 0.3 is 172 Å². The van der Waals surface area contributed by atoms with Gasteiger partial charge in [0.25, 0.3) is 0 Å². The first kappa shape index (κ1) is 17.3. The van der Waals surface area contributed by atoms with Crippen LogP contribution in [0.1, 0.15) is 0 Å². The molecule has 5 rings (SSSR count). The fourth-order valence-electron chi connectivity index (χ4n) is 4.10. The van der Waals surface area contributed by atoms with Gasteiger partial charge in [-0.25, -0.2) is 0 Å². The molecule has 0 atom stereocenters. The monoisotopic (exact) mass is 424 g/mol. The molecular formula is C27H20Se. The van der Waals surface area contributed by atoms with Gasteiger partial charge in [-0.1, -0.05) is 0 Å². The number of hydrogen-bond donors (Lipinski definition) is 0. The quantitative estimate of drug-likeness (QED) is 0.283. The third kappa shape index (κ3) is 2.85. The molecule has 134 valence electrons. The van der Waals surface area contributed by atoms with Crippen LogP contribution in [-0.2, 0) is 0 Å². The summed E-state index contributed by atoms with van der Waals surface area (Å²) in [5.41, 5.74) is 5.40. The summed E-state index contributed by atoms with van der Waals surface area (Å²) in [5, 5.41) is 5.24. The van der Waals surface area contributed by atoms with Gasteiger partial charge in [0.15, 0.2) is 0 Å². The molecule has 0 saturated heterocycles. The summed E-state index contributed by atoms with van der Waals surface area (Å²) in [6.45, 7) is 0. The average molecular weight is 423 g/mol. The molecular weight excluding hydrogens is 403 g/mol. The zero-order chi connectivity index (χ0) is 18.9. The Hall–Kier alpha value is -2.86. The second-order valence-electron chi connectivity index (χ2n) is 6.94. The van der Waals surface area contributed by atoms with E-state index < -0.39 is 0 Å². The summed E-state index contributed by atoms with van der Waals surface area (Å²) in [6, 6.07) is 37.4. The van der Waals surface area contributed by atoms with Gasteiger partial charge in [-0.15, -0.1) is 0 Å². The van der Waals surface area contributed by atoms with Gasteiger partial charge < -0.3 is 0 Å². The third-order valence-electron chi connectivity index (χ3n) is 5.38. The van der Waals surface area contributed by atoms with E-state index in [1.165, 1.54) is 48.3 Å². The van der Waals surface area contributed by atoms with Crippen molar-refractivity contribution in [3.05, 3.63) is 103 Å². The van der Waals surface area contributed by atoms with E-state index in [1.54, 1.807) is 0 Å². The standard InChI is InChI=1S/C27H20Se/c1-28-27-25(23-15-6-11-19-9-2-4-13-21(19)23)17-8-18-26(27)24-16-7-12-20-10-3-5-14-22(20)24/h2-18H,1H3. The molecule has 0 fully saturated rings. The van der Waals surface area contributed by atoms with Crippen molar-refractivity contribution in [3.8, 4) is 22.3 Å². The molecule has 0 radical (unpaired) electrons. The summed E-state index contributed by atoms with van der Waals surface area (Å²) in [5.74, 6) is 2.32. The number of hydrogen-bond acceptors (Lipinski definition) is 0. The van der Waals surface area contributed by atoms with Crippen molar-refractivity contribution in [2.75, 3.05) is 0 Å². The third-order valence-corrected chi connectivity index (χ3v) is 7.16. The molecule has 5 aromatic carbocycles. The molecule has 5 aromatic rings. The second kappa shape index (κ2) is 7.28. The fourth-order valence-corrected chi connectivity index (χ4v) is 5.77. The SMILES string of the molecule is C[Se]c1c(-c2cccc3ccccc23)cccc1-c1cccc2ccccc12. The molecule has 0 N–H and O–H groups in total. The molecule has 0 bridgehead atoms. The average Bonchev–Trinajstić information content (AvgIpc) is 2.77. The summed E-state index contributed by atoms with van der Waals surface area (Å²) >= 11 is 0.375. The summed E-state index contributed by atoms with van der Waals surface area (Å²) in [6.07, 6.45) is 0. The number of fused-ring (bicyclic) bond motifs is 2. The van der Waals surface area contributed by atoms with Crippen LogP contribution in [0, 0.1) is 0 Å². The van der Waals surface area contributed by atoms with Crippen molar-refractivity contribution in [1.29, 1.82) is 0 Å². The second-order valence-corrected chi connectivity index (χ2v) is 8.65. The Balaban J connectivity index is 1.81. The van der Waals surface area contributed by atoms with Crippen molar-refractivity contribution < 1.29 is 0 Å². The van der Waals surface area contributed by atoms with E-state index in [9.17, 15) is 0 Å². The van der Waals surface area contributed by atoms with Gasteiger partial charge in [-0.2, -0.15) is 0 Å². The maximum atomic E-state index is 2.32. The van der Waals surface area contributed by atoms with Gasteiger partial charge in [-0.3, -0.25) is 0 Å². The topological polar surface area (TPSA) is 0 Å². The van der Waals surface area contributed by atoms with Crippen LogP contribution in [0.5, 0.6) is 0 Å². The van der Waals surface area contributed by atoms with Gasteiger partial charge in [0, 0.05) is 0 Å². The van der Waals surface area contributed by atoms with E-state index in [0.29, 0.717) is 15.0 Å². The van der Waals surface area contributed by atoms with Crippen LogP contribution in [0.3, 0.4) is 0 Å². The van der Waals surface area contributed by atoms with Gasteiger partial charge in [0.2, 0.25) is 0 Å². The Kier molecular flexibility index (Phi) is 4.48. The molecule has 28 heavy (non-hydrogen) atoms. The Labute approximate surface area is 172 Å². The molecule has 0 aliphatic rings. The van der Waals surface area contributed by atoms with Crippen LogP contribution >= 0.6 is 0 Å². The Morgan fingerprint density at radius 3 is 1.32 bits per heavy atom. The molecule has 0 spiro atoms. The minimum atomic E-state index is 0.375. The molecule has 1 heteroatoms. The maximum absolute atomic E-state index is 2.32. The van der Waals surface area contributed by atoms with Gasteiger partial charge in [-0.05, 0) is 0 Å². The van der Waals surface area contributed by atoms with Crippen LogP contribution in [-0.4, -0.2) is 15.0 Å². The molecule has 0 aromatic heterocycles. The van der Waals surface area contributed by atoms with E-state index in [-0.39, 0.29) is 0 Å². The van der Waals surface area contributed by atoms with E-state index >= 15 is 0 Å². The van der Waals surface area contributed by atoms with Crippen molar-refractivity contribution in [2.24, 2.45) is 0 Å². The Bertz CT molecular complexity index is 1190. The summed E-state index contributed by atoms with van der Waals surface area (Å²) < 4.78 is 1.47. The van der Waals surface area contributed by atoms with Crippen LogP contribution < -0.4 is 4.46 Å². The fraction of sp³-hybridized carbons (Fsp3) is 0.0370. The Morgan fingerprint density at radius 2 is 0.821 bits per heavy atom. The first-order valence-corrected chi connectivity index (χ1v) is 12.1. The van der Waals surface area contributed by atoms with E-state index in [4.69, 9.17) is 0 Å². The summed E-state index contributed by atoms with van der Waals surface area (Å²) in [4.78, 5) is 0. The number of benzene rings is 5. The normalized spacial score (nSPS) is 11.2. The molecule has 0 aliphatic carbocycles. The Morgan fingerprint density at radius 1 is 0.429 bits per heavy atom. The predicted octanol–water partition coefficient (Wildman–Crippen LogP) is 6.70. The molecule has 0 aliphatic heterocycles. The van der Waals surface area contributed by atoms with Crippen molar-refractivity contribution in [2.45, 2.75) is 5.82 Å². The first-order valence-electron chi connectivity index (χ1n) is 9.50. The summed E-state index contributed by atoms with van der Waals surface area (Å²) in [7, 11) is 0. The molecule has 0 unspecified atom stereocenters. The van der Waals surface area contributed by atoms with E-state index in [0.717, 1.165) is 0 Å². The van der Waals surface area contributed by atoms with Crippen LogP contribution in [0.15, 0.2) is 103 Å². The van der Waals surface area contributed by atoms with Crippen molar-refractivity contribution >= 4 is 41.0 Å². The van der Waals surface area contributed by atoms with Crippen LogP contribution in [0.2, 0.25) is 5.82 Å². The number of rotatable bonds is 3. The van der Waals surface area contributed by atoms with Gasteiger partial charge in [0.05, 0.1) is 0 Å². The van der Waals surface area contributed by atoms with E-state index in [1.807, 2.05) is 0 Å². The van der Waals surface area contributed by atoms with E-state index in [2.05, 4.69) is 109 Å². The zero-order valence-corrected chi connectivity index (χ0v) is 17.4. The molecule has 0 nitrogen and oxygen atoms in total. The van der Waals surface area contributed by atoms with Crippen molar-refractivity contribution in [3.63, 3.8) is 0 Å². The van der Waals surface area contributed by atoms with Crippen LogP contribution in [0.4, 0.5) is 0 Å². The zero-order valence-electron chi connectivity index (χ0n) is 15.7.